The van der Waals surface area contributed by atoms with E-state index >= 15 is 0 Å². The van der Waals surface area contributed by atoms with Gasteiger partial charge in [-0.2, -0.15) is 0 Å². The van der Waals surface area contributed by atoms with Gasteiger partial charge in [0.2, 0.25) is 0 Å². The Kier molecular flexibility index (Phi) is 2.26. The van der Waals surface area contributed by atoms with Gasteiger partial charge in [0.1, 0.15) is 5.82 Å². The number of hydrogen-bond donors (Lipinski definition) is 0. The molecule has 0 aliphatic rings. The SMILES string of the molecule is Cc1nc(S(=O)(=O)N=[N+]=[N-])cn1C. The minimum absolute atomic E-state index is 0.231. The number of rotatable bonds is 2. The molecule has 8 heteroatoms. The number of nitrogens with zero attached hydrogens (tertiary/aromatic N) is 5. The Balaban J connectivity index is 3.31. The van der Waals surface area contributed by atoms with Crippen molar-refractivity contribution in [3.8, 4) is 0 Å². The van der Waals surface area contributed by atoms with Crippen LogP contribution in [0.1, 0.15) is 5.82 Å². The van der Waals surface area contributed by atoms with Crippen LogP contribution in [-0.2, 0) is 17.1 Å². The monoisotopic (exact) mass is 201 g/mol. The zero-order valence-corrected chi connectivity index (χ0v) is 7.85. The first kappa shape index (κ1) is 9.56. The molecule has 0 aliphatic heterocycles. The summed E-state index contributed by atoms with van der Waals surface area (Å²) in [6, 6.07) is 0. The molecule has 13 heavy (non-hydrogen) atoms. The minimum Gasteiger partial charge on any atom is -0.337 e. The van der Waals surface area contributed by atoms with Crippen LogP contribution in [0.15, 0.2) is 15.7 Å². The van der Waals surface area contributed by atoms with Crippen molar-refractivity contribution in [3.63, 3.8) is 0 Å². The van der Waals surface area contributed by atoms with Crippen molar-refractivity contribution in [2.75, 3.05) is 0 Å². The molecule has 0 amide bonds. The topological polar surface area (TPSA) is 101 Å². The van der Waals surface area contributed by atoms with Crippen LogP contribution in [0, 0.1) is 6.92 Å². The van der Waals surface area contributed by atoms with E-state index in [9.17, 15) is 8.42 Å². The normalized spacial score (nSPS) is 10.9. The smallest absolute Gasteiger partial charge is 0.283 e. The summed E-state index contributed by atoms with van der Waals surface area (Å²) in [4.78, 5) is 5.92. The zero-order valence-electron chi connectivity index (χ0n) is 7.04. The average Bonchev–Trinajstić information content (AvgIpc) is 2.33. The van der Waals surface area contributed by atoms with E-state index in [4.69, 9.17) is 5.53 Å². The Morgan fingerprint density at radius 1 is 1.69 bits per heavy atom. The molecule has 1 rings (SSSR count). The third-order valence-corrected chi connectivity index (χ3v) is 2.51. The summed E-state index contributed by atoms with van der Waals surface area (Å²) in [5.41, 5.74) is 7.98. The molecule has 0 spiro atoms. The van der Waals surface area contributed by atoms with Crippen LogP contribution in [0.3, 0.4) is 0 Å². The second-order valence-electron chi connectivity index (χ2n) is 2.38. The van der Waals surface area contributed by atoms with Crippen LogP contribution in [0.5, 0.6) is 0 Å². The Hall–Kier alpha value is -1.53. The number of aryl methyl sites for hydroxylation is 2. The molecule has 0 aliphatic carbocycles. The van der Waals surface area contributed by atoms with Gasteiger partial charge in [-0.3, -0.25) is 0 Å². The highest BCUT2D eigenvalue weighted by Gasteiger charge is 2.16. The Labute approximate surface area is 74.7 Å². The molecule has 0 saturated heterocycles. The van der Waals surface area contributed by atoms with E-state index in [0.29, 0.717) is 5.82 Å². The zero-order chi connectivity index (χ0) is 10.1. The average molecular weight is 201 g/mol. The first-order valence-electron chi connectivity index (χ1n) is 3.28. The van der Waals surface area contributed by atoms with Crippen molar-refractivity contribution < 1.29 is 8.42 Å². The van der Waals surface area contributed by atoms with Crippen molar-refractivity contribution in [1.82, 2.24) is 9.55 Å². The fourth-order valence-corrected chi connectivity index (χ4v) is 1.46. The van der Waals surface area contributed by atoms with Gasteiger partial charge < -0.3 is 4.57 Å². The predicted molar refractivity (Wildman–Crippen MR) is 44.3 cm³/mol. The van der Waals surface area contributed by atoms with E-state index in [1.165, 1.54) is 10.8 Å². The molecule has 0 unspecified atom stereocenters. The van der Waals surface area contributed by atoms with Gasteiger partial charge in [0.15, 0.2) is 5.03 Å². The van der Waals surface area contributed by atoms with Crippen LogP contribution in [0.4, 0.5) is 0 Å². The van der Waals surface area contributed by atoms with E-state index in [1.54, 1.807) is 14.0 Å². The molecule has 0 fully saturated rings. The molecule has 0 bridgehead atoms. The highest BCUT2D eigenvalue weighted by molar-refractivity contribution is 7.89. The van der Waals surface area contributed by atoms with E-state index in [-0.39, 0.29) is 5.03 Å². The van der Waals surface area contributed by atoms with Gasteiger partial charge in [-0.1, -0.05) is 0 Å². The van der Waals surface area contributed by atoms with Crippen LogP contribution in [0.2, 0.25) is 0 Å². The van der Waals surface area contributed by atoms with E-state index in [1.807, 2.05) is 0 Å². The van der Waals surface area contributed by atoms with Crippen molar-refractivity contribution in [1.29, 1.82) is 0 Å². The molecule has 0 atom stereocenters. The van der Waals surface area contributed by atoms with Crippen LogP contribution in [-0.4, -0.2) is 18.0 Å². The highest BCUT2D eigenvalue weighted by atomic mass is 32.2. The summed E-state index contributed by atoms with van der Waals surface area (Å²) in [7, 11) is -2.29. The maximum atomic E-state index is 11.1. The lowest BCUT2D eigenvalue weighted by molar-refractivity contribution is 0.594. The number of azide groups is 1. The number of hydrogen-bond acceptors (Lipinski definition) is 3. The molecule has 70 valence electrons. The fourth-order valence-electron chi connectivity index (χ4n) is 0.740. The lowest BCUT2D eigenvalue weighted by atomic mass is 10.7. The standard InChI is InChI=1S/C5H7N5O2S/c1-4-7-5(3-10(4)2)13(11,12)9-8-6/h3H,1-2H3. The molecule has 1 aromatic rings. The molecular formula is C5H7N5O2S. The van der Waals surface area contributed by atoms with Crippen LogP contribution >= 0.6 is 0 Å². The van der Waals surface area contributed by atoms with Crippen molar-refractivity contribution in [3.05, 3.63) is 22.5 Å². The van der Waals surface area contributed by atoms with Gasteiger partial charge in [0.25, 0.3) is 10.0 Å². The summed E-state index contributed by atoms with van der Waals surface area (Å²) in [5.74, 6) is 0.534. The Bertz CT molecular complexity index is 448. The molecule has 7 nitrogen and oxygen atoms in total. The lowest BCUT2D eigenvalue weighted by Crippen LogP contribution is -1.95. The van der Waals surface area contributed by atoms with Gasteiger partial charge in [0.05, 0.1) is 0 Å². The summed E-state index contributed by atoms with van der Waals surface area (Å²) >= 11 is 0. The number of imidazole rings is 1. The Morgan fingerprint density at radius 2 is 2.31 bits per heavy atom. The quantitative estimate of drug-likeness (QED) is 0.400. The van der Waals surface area contributed by atoms with Crippen molar-refractivity contribution in [2.24, 2.45) is 11.6 Å². The third-order valence-electron chi connectivity index (χ3n) is 1.49. The molecule has 0 aromatic carbocycles. The molecular weight excluding hydrogens is 194 g/mol. The maximum Gasteiger partial charge on any atom is 0.283 e. The summed E-state index contributed by atoms with van der Waals surface area (Å²) in [5, 5.41) is -0.231. The summed E-state index contributed by atoms with van der Waals surface area (Å²) in [6.45, 7) is 1.65. The minimum atomic E-state index is -3.94. The first-order chi connectivity index (χ1) is 5.97. The molecule has 1 aromatic heterocycles. The van der Waals surface area contributed by atoms with Gasteiger partial charge in [-0.05, 0) is 12.5 Å². The highest BCUT2D eigenvalue weighted by Crippen LogP contribution is 2.10. The molecule has 0 saturated carbocycles. The second kappa shape index (κ2) is 3.08. The fraction of sp³-hybridized carbons (Fsp3) is 0.400. The molecule has 0 radical (unpaired) electrons. The van der Waals surface area contributed by atoms with E-state index < -0.39 is 10.0 Å². The largest absolute Gasteiger partial charge is 0.337 e. The first-order valence-corrected chi connectivity index (χ1v) is 4.73. The van der Waals surface area contributed by atoms with Crippen LogP contribution < -0.4 is 0 Å². The predicted octanol–water partition coefficient (Wildman–Crippen LogP) is 0.728. The van der Waals surface area contributed by atoms with E-state index in [2.05, 4.69) is 14.4 Å². The van der Waals surface area contributed by atoms with Crippen LogP contribution in [0.25, 0.3) is 10.4 Å². The van der Waals surface area contributed by atoms with Crippen molar-refractivity contribution in [2.45, 2.75) is 11.9 Å². The second-order valence-corrected chi connectivity index (χ2v) is 3.92. The number of aromatic nitrogens is 2. The summed E-state index contributed by atoms with van der Waals surface area (Å²) in [6.07, 6.45) is 1.29. The van der Waals surface area contributed by atoms with Gasteiger partial charge >= 0.3 is 0 Å². The Morgan fingerprint density at radius 3 is 2.69 bits per heavy atom. The molecule has 1 heterocycles. The molecule has 0 N–H and O–H groups in total. The number of sulfonamides is 1. The maximum absolute atomic E-state index is 11.1. The third kappa shape index (κ3) is 1.79. The van der Waals surface area contributed by atoms with Gasteiger partial charge in [0, 0.05) is 22.7 Å². The van der Waals surface area contributed by atoms with Crippen molar-refractivity contribution >= 4 is 10.0 Å². The summed E-state index contributed by atoms with van der Waals surface area (Å²) < 4.78 is 26.4. The van der Waals surface area contributed by atoms with Gasteiger partial charge in [-0.25, -0.2) is 13.4 Å². The lowest BCUT2D eigenvalue weighted by Gasteiger charge is -1.87. The van der Waals surface area contributed by atoms with Gasteiger partial charge in [-0.15, -0.1) is 0 Å². The van der Waals surface area contributed by atoms with E-state index in [0.717, 1.165) is 0 Å².